The van der Waals surface area contributed by atoms with Crippen molar-refractivity contribution in [1.29, 1.82) is 0 Å². The molecule has 0 aromatic heterocycles. The number of fused-ring (bicyclic) bond motifs is 1. The average Bonchev–Trinajstić information content (AvgIpc) is 2.76. The zero-order valence-electron chi connectivity index (χ0n) is 10.2. The topological polar surface area (TPSA) is 32.3 Å². The van der Waals surface area contributed by atoms with Crippen LogP contribution in [0.1, 0.15) is 49.3 Å². The van der Waals surface area contributed by atoms with Gasteiger partial charge in [0.2, 0.25) is 0 Å². The number of nitrogens with one attached hydrogen (secondary N) is 1. The second kappa shape index (κ2) is 4.79. The molecule has 1 fully saturated rings. The molecule has 17 heavy (non-hydrogen) atoms. The van der Waals surface area contributed by atoms with Gasteiger partial charge in [-0.05, 0) is 49.7 Å². The second-order valence-electron chi connectivity index (χ2n) is 5.46. The maximum Gasteiger partial charge on any atom is 0.0541 e. The summed E-state index contributed by atoms with van der Waals surface area (Å²) >= 11 is 0. The number of benzene rings is 1. The Morgan fingerprint density at radius 1 is 1.00 bits per heavy atom. The Bertz CT molecular complexity index is 382. The number of hydrogen-bond acceptors (Lipinski definition) is 2. The molecule has 1 aromatic rings. The van der Waals surface area contributed by atoms with Crippen LogP contribution in [0, 0.1) is 0 Å². The van der Waals surface area contributed by atoms with E-state index in [-0.39, 0.29) is 6.10 Å². The molecule has 1 unspecified atom stereocenters. The molecule has 0 bridgehead atoms. The molecule has 0 amide bonds. The van der Waals surface area contributed by atoms with Crippen molar-refractivity contribution < 1.29 is 5.11 Å². The molecule has 92 valence electrons. The number of hydrogen-bond donors (Lipinski definition) is 2. The molecule has 2 aliphatic rings. The van der Waals surface area contributed by atoms with Gasteiger partial charge >= 0.3 is 0 Å². The van der Waals surface area contributed by atoms with Crippen molar-refractivity contribution in [3.05, 3.63) is 35.4 Å². The van der Waals surface area contributed by atoms with Crippen LogP contribution in [-0.2, 0) is 6.42 Å². The second-order valence-corrected chi connectivity index (χ2v) is 5.46. The maximum atomic E-state index is 9.52. The molecule has 2 nitrogen and oxygen atoms in total. The van der Waals surface area contributed by atoms with Gasteiger partial charge in [-0.15, -0.1) is 0 Å². The summed E-state index contributed by atoms with van der Waals surface area (Å²) in [6, 6.07) is 9.95. The van der Waals surface area contributed by atoms with Crippen LogP contribution >= 0.6 is 0 Å². The molecule has 1 saturated carbocycles. The minimum atomic E-state index is -0.0519. The molecule has 0 radical (unpaired) electrons. The van der Waals surface area contributed by atoms with Crippen molar-refractivity contribution in [2.75, 3.05) is 0 Å². The highest BCUT2D eigenvalue weighted by Gasteiger charge is 2.26. The molecule has 0 spiro atoms. The van der Waals surface area contributed by atoms with Gasteiger partial charge in [0.05, 0.1) is 6.10 Å². The third kappa shape index (κ3) is 2.38. The van der Waals surface area contributed by atoms with Gasteiger partial charge in [-0.1, -0.05) is 24.3 Å². The molecule has 2 aliphatic carbocycles. The normalized spacial score (nSPS) is 32.4. The van der Waals surface area contributed by atoms with Gasteiger partial charge in [-0.2, -0.15) is 0 Å². The Hall–Kier alpha value is -0.860. The fourth-order valence-corrected chi connectivity index (χ4v) is 3.26. The van der Waals surface area contributed by atoms with Gasteiger partial charge in [0.15, 0.2) is 0 Å². The number of rotatable bonds is 2. The Morgan fingerprint density at radius 2 is 1.76 bits per heavy atom. The first-order valence-corrected chi connectivity index (χ1v) is 6.85. The molecule has 0 aliphatic heterocycles. The van der Waals surface area contributed by atoms with Crippen molar-refractivity contribution in [3.63, 3.8) is 0 Å². The Labute approximate surface area is 103 Å². The SMILES string of the molecule is OC1CCC(NC2CCc3ccccc32)CC1. The summed E-state index contributed by atoms with van der Waals surface area (Å²) in [7, 11) is 0. The van der Waals surface area contributed by atoms with Crippen molar-refractivity contribution in [2.45, 2.75) is 56.7 Å². The monoisotopic (exact) mass is 231 g/mol. The van der Waals surface area contributed by atoms with Crippen molar-refractivity contribution >= 4 is 0 Å². The summed E-state index contributed by atoms with van der Waals surface area (Å²) in [4.78, 5) is 0. The van der Waals surface area contributed by atoms with Crippen LogP contribution in [0.4, 0.5) is 0 Å². The fourth-order valence-electron chi connectivity index (χ4n) is 3.26. The zero-order chi connectivity index (χ0) is 11.7. The van der Waals surface area contributed by atoms with Gasteiger partial charge in [0.1, 0.15) is 0 Å². The van der Waals surface area contributed by atoms with Crippen molar-refractivity contribution in [1.82, 2.24) is 5.32 Å². The van der Waals surface area contributed by atoms with Gasteiger partial charge in [-0.25, -0.2) is 0 Å². The minimum absolute atomic E-state index is 0.0519. The lowest BCUT2D eigenvalue weighted by Crippen LogP contribution is -2.36. The zero-order valence-corrected chi connectivity index (χ0v) is 10.2. The van der Waals surface area contributed by atoms with Crippen molar-refractivity contribution in [2.24, 2.45) is 0 Å². The van der Waals surface area contributed by atoms with Crippen LogP contribution in [0.5, 0.6) is 0 Å². The van der Waals surface area contributed by atoms with Crippen LogP contribution in [0.25, 0.3) is 0 Å². The maximum absolute atomic E-state index is 9.52. The quantitative estimate of drug-likeness (QED) is 0.820. The van der Waals surface area contributed by atoms with Gasteiger partial charge in [-0.3, -0.25) is 0 Å². The van der Waals surface area contributed by atoms with Gasteiger partial charge < -0.3 is 10.4 Å². The molecule has 2 N–H and O–H groups in total. The summed E-state index contributed by atoms with van der Waals surface area (Å²) in [5.41, 5.74) is 3.01. The number of aliphatic hydroxyl groups is 1. The third-order valence-electron chi connectivity index (χ3n) is 4.27. The molecule has 1 aromatic carbocycles. The van der Waals surface area contributed by atoms with E-state index in [9.17, 15) is 5.11 Å². The predicted octanol–water partition coefficient (Wildman–Crippen LogP) is 2.57. The Balaban J connectivity index is 1.64. The average molecular weight is 231 g/mol. The summed E-state index contributed by atoms with van der Waals surface area (Å²) < 4.78 is 0. The summed E-state index contributed by atoms with van der Waals surface area (Å²) in [6.07, 6.45) is 6.57. The van der Waals surface area contributed by atoms with E-state index in [1.165, 1.54) is 24.0 Å². The summed E-state index contributed by atoms with van der Waals surface area (Å²) in [5.74, 6) is 0. The third-order valence-corrected chi connectivity index (χ3v) is 4.27. The lowest BCUT2D eigenvalue weighted by Gasteiger charge is -2.29. The molecule has 2 heteroatoms. The van der Waals surface area contributed by atoms with E-state index in [2.05, 4.69) is 29.6 Å². The van der Waals surface area contributed by atoms with Gasteiger partial charge in [0, 0.05) is 12.1 Å². The highest BCUT2D eigenvalue weighted by atomic mass is 16.3. The van der Waals surface area contributed by atoms with E-state index in [4.69, 9.17) is 0 Å². The number of aliphatic hydroxyl groups excluding tert-OH is 1. The van der Waals surface area contributed by atoms with Gasteiger partial charge in [0.25, 0.3) is 0 Å². The first-order valence-electron chi connectivity index (χ1n) is 6.85. The number of aryl methyl sites for hydroxylation is 1. The predicted molar refractivity (Wildman–Crippen MR) is 68.9 cm³/mol. The van der Waals surface area contributed by atoms with E-state index in [0.29, 0.717) is 12.1 Å². The smallest absolute Gasteiger partial charge is 0.0541 e. The lowest BCUT2D eigenvalue weighted by atomic mass is 9.92. The molecule has 0 saturated heterocycles. The summed E-state index contributed by atoms with van der Waals surface area (Å²) in [6.45, 7) is 0. The molecule has 0 heterocycles. The fraction of sp³-hybridized carbons (Fsp3) is 0.600. The van der Waals surface area contributed by atoms with Crippen LogP contribution in [0.2, 0.25) is 0 Å². The Kier molecular flexibility index (Phi) is 3.17. The van der Waals surface area contributed by atoms with Crippen LogP contribution < -0.4 is 5.32 Å². The van der Waals surface area contributed by atoms with E-state index in [1.807, 2.05) is 0 Å². The van der Waals surface area contributed by atoms with E-state index >= 15 is 0 Å². The molecular weight excluding hydrogens is 210 g/mol. The Morgan fingerprint density at radius 3 is 2.59 bits per heavy atom. The van der Waals surface area contributed by atoms with Crippen molar-refractivity contribution in [3.8, 4) is 0 Å². The van der Waals surface area contributed by atoms with E-state index < -0.39 is 0 Å². The molecular formula is C15H21NO. The van der Waals surface area contributed by atoms with Crippen LogP contribution in [-0.4, -0.2) is 17.3 Å². The largest absolute Gasteiger partial charge is 0.393 e. The highest BCUT2D eigenvalue weighted by Crippen LogP contribution is 2.32. The minimum Gasteiger partial charge on any atom is -0.393 e. The molecule has 1 atom stereocenters. The first kappa shape index (κ1) is 11.2. The lowest BCUT2D eigenvalue weighted by molar-refractivity contribution is 0.114. The summed E-state index contributed by atoms with van der Waals surface area (Å²) in [5, 5.41) is 13.3. The highest BCUT2D eigenvalue weighted by molar-refractivity contribution is 5.34. The standard InChI is InChI=1S/C15H21NO/c17-13-8-6-12(7-9-13)16-15-10-5-11-3-1-2-4-14(11)15/h1-4,12-13,15-17H,5-10H2. The molecule has 3 rings (SSSR count). The van der Waals surface area contributed by atoms with E-state index in [0.717, 1.165) is 25.7 Å². The first-order chi connectivity index (χ1) is 8.33. The van der Waals surface area contributed by atoms with Crippen LogP contribution in [0.15, 0.2) is 24.3 Å². The van der Waals surface area contributed by atoms with Crippen LogP contribution in [0.3, 0.4) is 0 Å². The van der Waals surface area contributed by atoms with E-state index in [1.54, 1.807) is 0 Å².